The number of methoxy groups -OCH3 is 1. The summed E-state index contributed by atoms with van der Waals surface area (Å²) < 4.78 is 30.3. The maximum atomic E-state index is 13.7. The van der Waals surface area contributed by atoms with Crippen molar-refractivity contribution in [3.05, 3.63) is 47.0 Å². The monoisotopic (exact) mass is 552 g/mol. The Morgan fingerprint density at radius 1 is 1.23 bits per heavy atom. The number of carbonyl (C=O) groups excluding carboxylic acids is 3. The number of hydrogen-bond donors (Lipinski definition) is 0. The van der Waals surface area contributed by atoms with E-state index >= 15 is 0 Å². The van der Waals surface area contributed by atoms with Gasteiger partial charge in [-0.3, -0.25) is 9.59 Å². The van der Waals surface area contributed by atoms with Crippen LogP contribution in [0.3, 0.4) is 0 Å². The van der Waals surface area contributed by atoms with Crippen LogP contribution in [0.15, 0.2) is 45.8 Å². The van der Waals surface area contributed by atoms with Gasteiger partial charge in [0.25, 0.3) is 0 Å². The zero-order chi connectivity index (χ0) is 28.8. The summed E-state index contributed by atoms with van der Waals surface area (Å²) in [5, 5.41) is 0. The number of hydrogen-bond acceptors (Lipinski definition) is 8. The van der Waals surface area contributed by atoms with Gasteiger partial charge in [-0.2, -0.15) is 0 Å². The van der Waals surface area contributed by atoms with Crippen LogP contribution in [0, 0.1) is 28.1 Å². The lowest BCUT2D eigenvalue weighted by Gasteiger charge is -2.63. The summed E-state index contributed by atoms with van der Waals surface area (Å²) >= 11 is 0. The van der Waals surface area contributed by atoms with E-state index in [1.54, 1.807) is 32.4 Å². The molecule has 0 N–H and O–H groups in total. The molecule has 4 fully saturated rings. The van der Waals surface area contributed by atoms with Gasteiger partial charge in [0.05, 0.1) is 50.0 Å². The van der Waals surface area contributed by atoms with Gasteiger partial charge in [-0.1, -0.05) is 32.4 Å². The Morgan fingerprint density at radius 3 is 2.62 bits per heavy atom. The molecular formula is C32H40O8. The average molecular weight is 553 g/mol. The van der Waals surface area contributed by atoms with Crippen molar-refractivity contribution in [3.8, 4) is 0 Å². The summed E-state index contributed by atoms with van der Waals surface area (Å²) in [7, 11) is 1.40. The largest absolute Gasteiger partial charge is 0.472 e. The van der Waals surface area contributed by atoms with Crippen LogP contribution >= 0.6 is 0 Å². The molecule has 2 saturated carbocycles. The molecule has 8 heteroatoms. The van der Waals surface area contributed by atoms with Gasteiger partial charge in [0, 0.05) is 41.1 Å². The minimum absolute atomic E-state index is 0.0300. The van der Waals surface area contributed by atoms with E-state index in [0.29, 0.717) is 5.57 Å². The summed E-state index contributed by atoms with van der Waals surface area (Å²) in [5.74, 6) is -1.21. The third-order valence-corrected chi connectivity index (χ3v) is 11.5. The van der Waals surface area contributed by atoms with Gasteiger partial charge in [0.2, 0.25) is 0 Å². The number of ether oxygens (including phenoxy) is 4. The maximum absolute atomic E-state index is 13.7. The van der Waals surface area contributed by atoms with Crippen molar-refractivity contribution in [1.82, 2.24) is 0 Å². The summed E-state index contributed by atoms with van der Waals surface area (Å²) in [4.78, 5) is 40.1. The van der Waals surface area contributed by atoms with Gasteiger partial charge in [0.15, 0.2) is 0 Å². The van der Waals surface area contributed by atoms with E-state index in [9.17, 15) is 14.4 Å². The van der Waals surface area contributed by atoms with Crippen LogP contribution in [0.5, 0.6) is 0 Å². The number of Topliss-reactive ketones (excluding diaryl/α,β-unsaturated/α-hetero) is 1. The lowest BCUT2D eigenvalue weighted by Crippen LogP contribution is -2.70. The molecule has 2 unspecified atom stereocenters. The first-order valence-corrected chi connectivity index (χ1v) is 14.4. The van der Waals surface area contributed by atoms with Gasteiger partial charge in [-0.05, 0) is 50.3 Å². The van der Waals surface area contributed by atoms with Crippen LogP contribution in [0.2, 0.25) is 0 Å². The number of esters is 2. The van der Waals surface area contributed by atoms with Crippen LogP contribution < -0.4 is 0 Å². The number of rotatable bonds is 5. The fraction of sp³-hybridized carbons (Fsp3) is 0.656. The second-order valence-corrected chi connectivity index (χ2v) is 13.1. The van der Waals surface area contributed by atoms with E-state index in [-0.39, 0.29) is 67.3 Å². The molecule has 3 aliphatic carbocycles. The van der Waals surface area contributed by atoms with Crippen molar-refractivity contribution in [3.63, 3.8) is 0 Å². The van der Waals surface area contributed by atoms with Crippen molar-refractivity contribution in [2.45, 2.75) is 91.1 Å². The first-order chi connectivity index (χ1) is 18.9. The van der Waals surface area contributed by atoms with Gasteiger partial charge in [-0.15, -0.1) is 0 Å². The minimum Gasteiger partial charge on any atom is -0.472 e. The van der Waals surface area contributed by atoms with E-state index in [1.807, 2.05) is 13.0 Å². The quantitative estimate of drug-likeness (QED) is 0.288. The fourth-order valence-corrected chi connectivity index (χ4v) is 9.46. The molecule has 1 aromatic heterocycles. The summed E-state index contributed by atoms with van der Waals surface area (Å²) in [5.41, 5.74) is 1.87. The Hall–Kier alpha value is -2.71. The van der Waals surface area contributed by atoms with Crippen molar-refractivity contribution >= 4 is 17.7 Å². The highest BCUT2D eigenvalue weighted by Gasteiger charge is 2.78. The molecule has 0 radical (unpaired) electrons. The van der Waals surface area contributed by atoms with Crippen LogP contribution in [0.4, 0.5) is 0 Å². The number of fused-ring (bicyclic) bond motifs is 4. The lowest BCUT2D eigenvalue weighted by atomic mass is 9.40. The SMILES string of the molecule is C/C=C(\C)C(=O)O[C@H]1CC(=O)[C@@]2(C)COC3C2[C@@]1(C)[C@@H](CC(=O)OC)[C@]1(C)C2=C(C)[C@H](c4ccoc4)C[C@H]2O[C@H]31. The second-order valence-electron chi connectivity index (χ2n) is 13.1. The maximum Gasteiger partial charge on any atom is 0.333 e. The molecule has 2 aliphatic heterocycles. The standard InChI is InChI=1S/C32H40O8/c1-8-16(2)29(35)40-23-13-22(33)30(4)15-38-26-27(30)31(23,5)21(12-24(34)36-7)32(6)25-17(3)19(18-9-10-37-14-18)11-20(25)39-28(26)32/h8-10,14,19-21,23,26-28H,11-13,15H2,1-7H3/b16-8+/t19-,20-,21-,23+,26?,27?,28-,30-,31+,32-/m1/s1. The van der Waals surface area contributed by atoms with E-state index < -0.39 is 28.3 Å². The van der Waals surface area contributed by atoms with E-state index in [2.05, 4.69) is 20.8 Å². The zero-order valence-corrected chi connectivity index (χ0v) is 24.4. The molecule has 0 spiro atoms. The van der Waals surface area contributed by atoms with Crippen LogP contribution in [0.25, 0.3) is 0 Å². The number of furan rings is 1. The Balaban J connectivity index is 1.55. The predicted octanol–water partition coefficient (Wildman–Crippen LogP) is 4.93. The van der Waals surface area contributed by atoms with Crippen molar-refractivity contribution in [1.29, 1.82) is 0 Å². The first-order valence-electron chi connectivity index (χ1n) is 14.4. The lowest BCUT2D eigenvalue weighted by molar-refractivity contribution is -0.229. The van der Waals surface area contributed by atoms with Crippen LogP contribution in [-0.2, 0) is 33.3 Å². The molecule has 3 heterocycles. The highest BCUT2D eigenvalue weighted by Crippen LogP contribution is 2.73. The molecule has 0 bridgehead atoms. The van der Waals surface area contributed by atoms with E-state index in [1.165, 1.54) is 18.3 Å². The third-order valence-electron chi connectivity index (χ3n) is 11.5. The topological polar surface area (TPSA) is 101 Å². The molecule has 6 rings (SSSR count). The highest BCUT2D eigenvalue weighted by atomic mass is 16.6. The van der Waals surface area contributed by atoms with Gasteiger partial charge < -0.3 is 23.4 Å². The highest BCUT2D eigenvalue weighted by molar-refractivity contribution is 5.90. The molecular weight excluding hydrogens is 512 g/mol. The Morgan fingerprint density at radius 2 is 1.98 bits per heavy atom. The summed E-state index contributed by atoms with van der Waals surface area (Å²) in [6, 6.07) is 2.00. The summed E-state index contributed by atoms with van der Waals surface area (Å²) in [6.07, 6.45) is 4.59. The van der Waals surface area contributed by atoms with E-state index in [0.717, 1.165) is 12.0 Å². The molecule has 5 aliphatic rings. The molecule has 40 heavy (non-hydrogen) atoms. The second kappa shape index (κ2) is 9.15. The number of allylic oxidation sites excluding steroid dienone is 2. The molecule has 10 atom stereocenters. The van der Waals surface area contributed by atoms with Gasteiger partial charge >= 0.3 is 11.9 Å². The molecule has 8 nitrogen and oxygen atoms in total. The summed E-state index contributed by atoms with van der Waals surface area (Å²) in [6.45, 7) is 12.2. The van der Waals surface area contributed by atoms with Gasteiger partial charge in [-0.25, -0.2) is 4.79 Å². The van der Waals surface area contributed by atoms with Crippen LogP contribution in [0.1, 0.15) is 72.3 Å². The van der Waals surface area contributed by atoms with Crippen molar-refractivity contribution < 1.29 is 37.7 Å². The number of carbonyl (C=O) groups is 3. The van der Waals surface area contributed by atoms with Crippen molar-refractivity contribution in [2.24, 2.45) is 28.1 Å². The Kier molecular flexibility index (Phi) is 6.28. The average Bonchev–Trinajstić information content (AvgIpc) is 3.70. The fourth-order valence-electron chi connectivity index (χ4n) is 9.46. The Labute approximate surface area is 235 Å². The Bertz CT molecular complexity index is 1310. The zero-order valence-electron chi connectivity index (χ0n) is 24.4. The minimum atomic E-state index is -0.766. The van der Waals surface area contributed by atoms with Crippen LogP contribution in [-0.4, -0.2) is 55.9 Å². The first kappa shape index (κ1) is 27.5. The predicted molar refractivity (Wildman–Crippen MR) is 144 cm³/mol. The smallest absolute Gasteiger partial charge is 0.333 e. The van der Waals surface area contributed by atoms with E-state index in [4.69, 9.17) is 23.4 Å². The third kappa shape index (κ3) is 3.41. The van der Waals surface area contributed by atoms with Gasteiger partial charge in [0.1, 0.15) is 11.9 Å². The molecule has 0 aromatic carbocycles. The number of ketones is 1. The van der Waals surface area contributed by atoms with Crippen molar-refractivity contribution in [2.75, 3.05) is 13.7 Å². The molecule has 2 saturated heterocycles. The molecule has 0 amide bonds. The normalized spacial score (nSPS) is 43.8. The molecule has 216 valence electrons. The molecule has 1 aromatic rings.